The average molecular weight is 315 g/mol. The molecule has 0 saturated carbocycles. The molecule has 1 aliphatic rings. The minimum absolute atomic E-state index is 0.0707. The molecule has 1 amide bonds. The van der Waals surface area contributed by atoms with Crippen molar-refractivity contribution in [1.82, 2.24) is 14.9 Å². The summed E-state index contributed by atoms with van der Waals surface area (Å²) in [6.07, 6.45) is 8.42. The van der Waals surface area contributed by atoms with E-state index >= 15 is 0 Å². The van der Waals surface area contributed by atoms with E-state index in [4.69, 9.17) is 13.9 Å². The highest BCUT2D eigenvalue weighted by Crippen LogP contribution is 2.24. The predicted octanol–water partition coefficient (Wildman–Crippen LogP) is 1.77. The van der Waals surface area contributed by atoms with Crippen molar-refractivity contribution in [3.8, 4) is 11.8 Å². The minimum atomic E-state index is -0.124. The van der Waals surface area contributed by atoms with Gasteiger partial charge >= 0.3 is 0 Å². The summed E-state index contributed by atoms with van der Waals surface area (Å²) in [5.41, 5.74) is 0. The fraction of sp³-hybridized carbons (Fsp3) is 0.312. The Morgan fingerprint density at radius 3 is 2.96 bits per heavy atom. The van der Waals surface area contributed by atoms with Gasteiger partial charge in [-0.3, -0.25) is 4.79 Å². The summed E-state index contributed by atoms with van der Waals surface area (Å²) in [7, 11) is 1.51. The van der Waals surface area contributed by atoms with Gasteiger partial charge in [0.1, 0.15) is 11.9 Å². The van der Waals surface area contributed by atoms with Crippen molar-refractivity contribution >= 4 is 12.0 Å². The molecular weight excluding hydrogens is 298 g/mol. The van der Waals surface area contributed by atoms with Gasteiger partial charge in [-0.05, 0) is 18.2 Å². The lowest BCUT2D eigenvalue weighted by molar-refractivity contribution is -0.125. The first-order valence-corrected chi connectivity index (χ1v) is 7.28. The van der Waals surface area contributed by atoms with Crippen molar-refractivity contribution in [2.24, 2.45) is 0 Å². The zero-order valence-corrected chi connectivity index (χ0v) is 12.7. The van der Waals surface area contributed by atoms with Crippen LogP contribution in [0.25, 0.3) is 6.08 Å². The van der Waals surface area contributed by atoms with Crippen LogP contribution in [-0.2, 0) is 4.79 Å². The molecule has 7 heteroatoms. The third-order valence-electron chi connectivity index (χ3n) is 3.49. The standard InChI is InChI=1S/C16H17N3O4/c1-21-15-16(18-8-7-17-15)23-13-6-9-19(11-13)14(20)5-4-12-3-2-10-22-12/h2-5,7-8,10,13H,6,9,11H2,1H3. The Labute approximate surface area is 133 Å². The number of carbonyl (C=O) groups is 1. The molecule has 0 radical (unpaired) electrons. The predicted molar refractivity (Wildman–Crippen MR) is 81.9 cm³/mol. The van der Waals surface area contributed by atoms with Crippen LogP contribution in [0.2, 0.25) is 0 Å². The van der Waals surface area contributed by atoms with Crippen LogP contribution in [0.4, 0.5) is 0 Å². The van der Waals surface area contributed by atoms with Crippen molar-refractivity contribution in [3.05, 3.63) is 42.6 Å². The average Bonchev–Trinajstić information content (AvgIpc) is 3.25. The van der Waals surface area contributed by atoms with Crippen LogP contribution in [-0.4, -0.2) is 47.1 Å². The summed E-state index contributed by atoms with van der Waals surface area (Å²) in [6, 6.07) is 3.57. The molecule has 0 aliphatic carbocycles. The topological polar surface area (TPSA) is 77.7 Å². The Morgan fingerprint density at radius 2 is 2.22 bits per heavy atom. The van der Waals surface area contributed by atoms with Gasteiger partial charge in [-0.25, -0.2) is 9.97 Å². The zero-order valence-electron chi connectivity index (χ0n) is 12.7. The number of carbonyl (C=O) groups excluding carboxylic acids is 1. The van der Waals surface area contributed by atoms with E-state index in [1.165, 1.54) is 19.4 Å². The number of aromatic nitrogens is 2. The first-order chi connectivity index (χ1) is 11.3. The first kappa shape index (κ1) is 15.1. The van der Waals surface area contributed by atoms with Gasteiger partial charge in [0.25, 0.3) is 11.8 Å². The second kappa shape index (κ2) is 6.95. The molecule has 1 unspecified atom stereocenters. The van der Waals surface area contributed by atoms with Crippen molar-refractivity contribution in [3.63, 3.8) is 0 Å². The van der Waals surface area contributed by atoms with E-state index in [-0.39, 0.29) is 12.0 Å². The molecule has 120 valence electrons. The maximum absolute atomic E-state index is 12.2. The van der Waals surface area contributed by atoms with Crippen molar-refractivity contribution < 1.29 is 18.7 Å². The molecule has 2 aromatic heterocycles. The van der Waals surface area contributed by atoms with Crippen molar-refractivity contribution in [1.29, 1.82) is 0 Å². The Balaban J connectivity index is 1.57. The van der Waals surface area contributed by atoms with Crippen molar-refractivity contribution in [2.45, 2.75) is 12.5 Å². The van der Waals surface area contributed by atoms with Crippen LogP contribution >= 0.6 is 0 Å². The number of nitrogens with zero attached hydrogens (tertiary/aromatic N) is 3. The third kappa shape index (κ3) is 3.68. The van der Waals surface area contributed by atoms with E-state index in [1.807, 2.05) is 0 Å². The number of furan rings is 1. The van der Waals surface area contributed by atoms with E-state index in [9.17, 15) is 4.79 Å². The number of likely N-dealkylation sites (tertiary alicyclic amines) is 1. The summed E-state index contributed by atoms with van der Waals surface area (Å²) < 4.78 is 16.1. The van der Waals surface area contributed by atoms with Crippen LogP contribution in [0.15, 0.2) is 41.3 Å². The highest BCUT2D eigenvalue weighted by Gasteiger charge is 2.27. The first-order valence-electron chi connectivity index (χ1n) is 7.28. The van der Waals surface area contributed by atoms with Crippen LogP contribution in [0.1, 0.15) is 12.2 Å². The van der Waals surface area contributed by atoms with E-state index in [2.05, 4.69) is 9.97 Å². The Morgan fingerprint density at radius 1 is 1.39 bits per heavy atom. The SMILES string of the molecule is COc1nccnc1OC1CCN(C(=O)C=Cc2ccco2)C1. The number of hydrogen-bond acceptors (Lipinski definition) is 6. The normalized spacial score (nSPS) is 17.6. The van der Waals surface area contributed by atoms with Gasteiger partial charge in [0, 0.05) is 31.4 Å². The van der Waals surface area contributed by atoms with Crippen LogP contribution in [0, 0.1) is 0 Å². The Kier molecular flexibility index (Phi) is 4.56. The van der Waals surface area contributed by atoms with E-state index in [0.29, 0.717) is 30.6 Å². The van der Waals surface area contributed by atoms with E-state index in [1.54, 1.807) is 35.6 Å². The second-order valence-electron chi connectivity index (χ2n) is 5.03. The van der Waals surface area contributed by atoms with Crippen LogP contribution in [0.3, 0.4) is 0 Å². The van der Waals surface area contributed by atoms with E-state index < -0.39 is 0 Å². The number of amides is 1. The molecule has 0 spiro atoms. The number of methoxy groups -OCH3 is 1. The zero-order chi connectivity index (χ0) is 16.1. The van der Waals surface area contributed by atoms with Gasteiger partial charge in [-0.1, -0.05) is 0 Å². The molecule has 0 aromatic carbocycles. The highest BCUT2D eigenvalue weighted by molar-refractivity contribution is 5.91. The molecule has 1 atom stereocenters. The Hall–Kier alpha value is -2.83. The monoisotopic (exact) mass is 315 g/mol. The molecule has 1 saturated heterocycles. The fourth-order valence-electron chi connectivity index (χ4n) is 2.36. The van der Waals surface area contributed by atoms with Gasteiger partial charge in [-0.15, -0.1) is 0 Å². The summed E-state index contributed by atoms with van der Waals surface area (Å²) in [5.74, 6) is 1.27. The van der Waals surface area contributed by atoms with Gasteiger partial charge in [0.05, 0.1) is 19.9 Å². The maximum Gasteiger partial charge on any atom is 0.278 e. The van der Waals surface area contributed by atoms with Crippen molar-refractivity contribution in [2.75, 3.05) is 20.2 Å². The highest BCUT2D eigenvalue weighted by atomic mass is 16.5. The summed E-state index contributed by atoms with van der Waals surface area (Å²) in [5, 5.41) is 0. The molecule has 0 bridgehead atoms. The second-order valence-corrected chi connectivity index (χ2v) is 5.03. The number of rotatable bonds is 5. The molecule has 2 aromatic rings. The largest absolute Gasteiger partial charge is 0.477 e. The van der Waals surface area contributed by atoms with Crippen LogP contribution in [0.5, 0.6) is 11.8 Å². The van der Waals surface area contributed by atoms with Gasteiger partial charge < -0.3 is 18.8 Å². The molecule has 1 aliphatic heterocycles. The van der Waals surface area contributed by atoms with Gasteiger partial charge in [0.15, 0.2) is 0 Å². The van der Waals surface area contributed by atoms with Crippen LogP contribution < -0.4 is 9.47 Å². The molecule has 3 heterocycles. The third-order valence-corrected chi connectivity index (χ3v) is 3.49. The lowest BCUT2D eigenvalue weighted by atomic mass is 10.3. The van der Waals surface area contributed by atoms with Gasteiger partial charge in [0.2, 0.25) is 5.91 Å². The van der Waals surface area contributed by atoms with Gasteiger partial charge in [-0.2, -0.15) is 0 Å². The quantitative estimate of drug-likeness (QED) is 0.783. The summed E-state index contributed by atoms with van der Waals surface area (Å²) in [4.78, 5) is 22.0. The minimum Gasteiger partial charge on any atom is -0.477 e. The molecular formula is C16H17N3O4. The van der Waals surface area contributed by atoms with E-state index in [0.717, 1.165) is 6.42 Å². The summed E-state index contributed by atoms with van der Waals surface area (Å²) >= 11 is 0. The maximum atomic E-state index is 12.2. The smallest absolute Gasteiger partial charge is 0.278 e. The Bertz CT molecular complexity index is 684. The molecule has 3 rings (SSSR count). The summed E-state index contributed by atoms with van der Waals surface area (Å²) in [6.45, 7) is 1.13. The number of hydrogen-bond donors (Lipinski definition) is 0. The molecule has 7 nitrogen and oxygen atoms in total. The molecule has 0 N–H and O–H groups in total. The number of ether oxygens (including phenoxy) is 2. The molecule has 23 heavy (non-hydrogen) atoms. The molecule has 1 fully saturated rings. The lowest BCUT2D eigenvalue weighted by Crippen LogP contribution is -2.29. The fourth-order valence-corrected chi connectivity index (χ4v) is 2.36. The lowest BCUT2D eigenvalue weighted by Gasteiger charge is -2.15.